The first-order chi connectivity index (χ1) is 14.1. The van der Waals surface area contributed by atoms with Crippen LogP contribution in [0.3, 0.4) is 0 Å². The molecule has 0 saturated carbocycles. The largest absolute Gasteiger partial charge is 0.454 e. The summed E-state index contributed by atoms with van der Waals surface area (Å²) in [6.07, 6.45) is 1.60. The highest BCUT2D eigenvalue weighted by Gasteiger charge is 2.27. The molecular formula is C20H22N6O3. The van der Waals surface area contributed by atoms with Gasteiger partial charge in [0.1, 0.15) is 6.33 Å². The topological polar surface area (TPSA) is 85.1 Å². The van der Waals surface area contributed by atoms with Crippen LogP contribution in [0.15, 0.2) is 30.6 Å². The van der Waals surface area contributed by atoms with Crippen LogP contribution >= 0.6 is 0 Å². The minimum atomic E-state index is 0.0782. The van der Waals surface area contributed by atoms with Gasteiger partial charge in [-0.2, -0.15) is 9.61 Å². The number of carbonyl (C=O) groups is 1. The van der Waals surface area contributed by atoms with E-state index < -0.39 is 0 Å². The van der Waals surface area contributed by atoms with Gasteiger partial charge >= 0.3 is 0 Å². The molecule has 1 aromatic carbocycles. The molecule has 2 aromatic heterocycles. The lowest BCUT2D eigenvalue weighted by molar-refractivity contribution is -0.131. The van der Waals surface area contributed by atoms with Crippen molar-refractivity contribution in [3.63, 3.8) is 0 Å². The highest BCUT2D eigenvalue weighted by atomic mass is 16.7. The number of hydrogen-bond donors (Lipinski definition) is 0. The maximum absolute atomic E-state index is 12.9. The Morgan fingerprint density at radius 3 is 2.83 bits per heavy atom. The Labute approximate surface area is 167 Å². The van der Waals surface area contributed by atoms with E-state index in [-0.39, 0.29) is 18.6 Å². The van der Waals surface area contributed by atoms with E-state index in [9.17, 15) is 4.79 Å². The second kappa shape index (κ2) is 6.91. The van der Waals surface area contributed by atoms with E-state index in [1.54, 1.807) is 10.8 Å². The number of ether oxygens (including phenoxy) is 2. The first kappa shape index (κ1) is 17.7. The van der Waals surface area contributed by atoms with Gasteiger partial charge < -0.3 is 19.3 Å². The Morgan fingerprint density at radius 2 is 2.00 bits per heavy atom. The standard InChI is InChI=1S/C20H22N6O3/c1-13(2)15-8-16(20-22-21-11-26(20)23-15)24-5-6-25(19(27)10-24)9-14-3-4-17-18(7-14)29-12-28-17/h3-4,7-8,11,13H,5-6,9-10,12H2,1-2H3. The molecule has 4 heterocycles. The fourth-order valence-corrected chi connectivity index (χ4v) is 3.69. The number of rotatable bonds is 4. The lowest BCUT2D eigenvalue weighted by Gasteiger charge is -2.35. The van der Waals surface area contributed by atoms with Crippen LogP contribution in [0, 0.1) is 0 Å². The van der Waals surface area contributed by atoms with E-state index >= 15 is 0 Å². The number of anilines is 1. The Bertz CT molecular complexity index is 1080. The number of amides is 1. The summed E-state index contributed by atoms with van der Waals surface area (Å²) in [7, 11) is 0. The van der Waals surface area contributed by atoms with Crippen molar-refractivity contribution in [1.29, 1.82) is 0 Å². The Hall–Kier alpha value is -3.36. The van der Waals surface area contributed by atoms with Crippen molar-refractivity contribution in [3.05, 3.63) is 41.9 Å². The molecule has 0 bridgehead atoms. The zero-order chi connectivity index (χ0) is 20.0. The van der Waals surface area contributed by atoms with Gasteiger partial charge in [-0.3, -0.25) is 4.79 Å². The summed E-state index contributed by atoms with van der Waals surface area (Å²) in [6.45, 7) is 6.64. The van der Waals surface area contributed by atoms with Crippen molar-refractivity contribution in [1.82, 2.24) is 24.7 Å². The van der Waals surface area contributed by atoms with E-state index in [1.165, 1.54) is 0 Å². The van der Waals surface area contributed by atoms with Gasteiger partial charge in [0.2, 0.25) is 18.3 Å². The Morgan fingerprint density at radius 1 is 1.14 bits per heavy atom. The molecule has 0 N–H and O–H groups in total. The molecule has 29 heavy (non-hydrogen) atoms. The predicted molar refractivity (Wildman–Crippen MR) is 105 cm³/mol. The summed E-state index contributed by atoms with van der Waals surface area (Å²) < 4.78 is 12.5. The van der Waals surface area contributed by atoms with Gasteiger partial charge in [-0.05, 0) is 29.7 Å². The van der Waals surface area contributed by atoms with Gasteiger partial charge in [0.05, 0.1) is 17.9 Å². The van der Waals surface area contributed by atoms with Crippen molar-refractivity contribution in [2.75, 3.05) is 31.3 Å². The number of piperazine rings is 1. The summed E-state index contributed by atoms with van der Waals surface area (Å²) in [5.74, 6) is 1.83. The summed E-state index contributed by atoms with van der Waals surface area (Å²) >= 11 is 0. The van der Waals surface area contributed by atoms with Crippen molar-refractivity contribution in [2.24, 2.45) is 0 Å². The van der Waals surface area contributed by atoms with Crippen LogP contribution in [0.4, 0.5) is 5.69 Å². The smallest absolute Gasteiger partial charge is 0.242 e. The molecule has 9 heteroatoms. The lowest BCUT2D eigenvalue weighted by atomic mass is 10.1. The molecular weight excluding hydrogens is 372 g/mol. The zero-order valence-electron chi connectivity index (χ0n) is 16.4. The molecule has 1 amide bonds. The molecule has 2 aliphatic heterocycles. The van der Waals surface area contributed by atoms with Crippen LogP contribution in [0.1, 0.15) is 31.0 Å². The molecule has 0 aliphatic carbocycles. The number of benzene rings is 1. The lowest BCUT2D eigenvalue weighted by Crippen LogP contribution is -2.50. The zero-order valence-corrected chi connectivity index (χ0v) is 16.4. The van der Waals surface area contributed by atoms with Crippen LogP contribution in [0.2, 0.25) is 0 Å². The van der Waals surface area contributed by atoms with Gasteiger partial charge in [0, 0.05) is 19.6 Å². The van der Waals surface area contributed by atoms with Crippen molar-refractivity contribution in [3.8, 4) is 11.5 Å². The molecule has 1 fully saturated rings. The average Bonchev–Trinajstić information content (AvgIpc) is 3.37. The summed E-state index contributed by atoms with van der Waals surface area (Å²) in [4.78, 5) is 16.8. The van der Waals surface area contributed by atoms with Crippen molar-refractivity contribution >= 4 is 17.2 Å². The molecule has 3 aromatic rings. The Kier molecular flexibility index (Phi) is 4.22. The average molecular weight is 394 g/mol. The van der Waals surface area contributed by atoms with Crippen LogP contribution in [-0.2, 0) is 11.3 Å². The quantitative estimate of drug-likeness (QED) is 0.667. The van der Waals surface area contributed by atoms with Gasteiger partial charge in [-0.1, -0.05) is 19.9 Å². The van der Waals surface area contributed by atoms with E-state index in [1.807, 2.05) is 29.2 Å². The molecule has 0 radical (unpaired) electrons. The number of fused-ring (bicyclic) bond motifs is 2. The number of nitrogens with zero attached hydrogens (tertiary/aromatic N) is 6. The van der Waals surface area contributed by atoms with Gasteiger partial charge in [-0.25, -0.2) is 0 Å². The normalized spacial score (nSPS) is 16.3. The molecule has 0 atom stereocenters. The van der Waals surface area contributed by atoms with E-state index in [0.717, 1.165) is 35.0 Å². The highest BCUT2D eigenvalue weighted by Crippen LogP contribution is 2.33. The van der Waals surface area contributed by atoms with Gasteiger partial charge in [0.15, 0.2) is 11.5 Å². The molecule has 2 aliphatic rings. The van der Waals surface area contributed by atoms with Gasteiger partial charge in [-0.15, -0.1) is 10.2 Å². The maximum atomic E-state index is 12.9. The molecule has 1 saturated heterocycles. The summed E-state index contributed by atoms with van der Waals surface area (Å²) in [5.41, 5.74) is 3.55. The Balaban J connectivity index is 1.34. The summed E-state index contributed by atoms with van der Waals surface area (Å²) in [5, 5.41) is 12.7. The number of hydrogen-bond acceptors (Lipinski definition) is 7. The van der Waals surface area contributed by atoms with Crippen molar-refractivity contribution < 1.29 is 14.3 Å². The van der Waals surface area contributed by atoms with Crippen LogP contribution in [-0.4, -0.2) is 57.0 Å². The van der Waals surface area contributed by atoms with E-state index in [2.05, 4.69) is 34.0 Å². The van der Waals surface area contributed by atoms with Crippen LogP contribution in [0.5, 0.6) is 11.5 Å². The maximum Gasteiger partial charge on any atom is 0.242 e. The van der Waals surface area contributed by atoms with E-state index in [4.69, 9.17) is 9.47 Å². The molecule has 0 spiro atoms. The molecule has 5 rings (SSSR count). The minimum Gasteiger partial charge on any atom is -0.454 e. The fourth-order valence-electron chi connectivity index (χ4n) is 3.69. The second-order valence-electron chi connectivity index (χ2n) is 7.63. The molecule has 150 valence electrons. The first-order valence-electron chi connectivity index (χ1n) is 9.70. The third-order valence-corrected chi connectivity index (χ3v) is 5.33. The van der Waals surface area contributed by atoms with Crippen LogP contribution < -0.4 is 14.4 Å². The SMILES string of the molecule is CC(C)c1cc(N2CCN(Cc3ccc4c(c3)OCO4)C(=O)C2)c2nncn2n1. The highest BCUT2D eigenvalue weighted by molar-refractivity contribution is 5.85. The van der Waals surface area contributed by atoms with Crippen molar-refractivity contribution in [2.45, 2.75) is 26.3 Å². The first-order valence-corrected chi connectivity index (χ1v) is 9.70. The molecule has 9 nitrogen and oxygen atoms in total. The third kappa shape index (κ3) is 3.22. The van der Waals surface area contributed by atoms with Crippen LogP contribution in [0.25, 0.3) is 5.65 Å². The predicted octanol–water partition coefficient (Wildman–Crippen LogP) is 1.83. The van der Waals surface area contributed by atoms with Gasteiger partial charge in [0.25, 0.3) is 0 Å². The second-order valence-corrected chi connectivity index (χ2v) is 7.63. The molecule has 0 unspecified atom stereocenters. The number of aromatic nitrogens is 4. The summed E-state index contributed by atoms with van der Waals surface area (Å²) in [6, 6.07) is 7.84. The third-order valence-electron chi connectivity index (χ3n) is 5.33. The fraction of sp³-hybridized carbons (Fsp3) is 0.400. The monoisotopic (exact) mass is 394 g/mol. The minimum absolute atomic E-state index is 0.0782. The van der Waals surface area contributed by atoms with E-state index in [0.29, 0.717) is 25.3 Å². The number of carbonyl (C=O) groups excluding carboxylic acids is 1.